The molecule has 13 heavy (non-hydrogen) atoms. The number of rotatable bonds is 2. The fourth-order valence-electron chi connectivity index (χ4n) is 0.946. The van der Waals surface area contributed by atoms with Gasteiger partial charge in [-0.3, -0.25) is 0 Å². The van der Waals surface area contributed by atoms with Crippen molar-refractivity contribution in [3.8, 4) is 11.5 Å². The molecule has 0 bridgehead atoms. The van der Waals surface area contributed by atoms with Gasteiger partial charge in [-0.25, -0.2) is 0 Å². The summed E-state index contributed by atoms with van der Waals surface area (Å²) in [5.41, 5.74) is 6.25. The maximum absolute atomic E-state index is 5.66. The van der Waals surface area contributed by atoms with Gasteiger partial charge in [-0.05, 0) is 12.1 Å². The number of ether oxygens (including phenoxy) is 1. The highest BCUT2D eigenvalue weighted by Crippen LogP contribution is 2.25. The van der Waals surface area contributed by atoms with E-state index < -0.39 is 0 Å². The van der Waals surface area contributed by atoms with Crippen molar-refractivity contribution in [2.24, 2.45) is 0 Å². The summed E-state index contributed by atoms with van der Waals surface area (Å²) in [7, 11) is 0. The number of hydrogen-bond donors (Lipinski definition) is 1. The highest BCUT2D eigenvalue weighted by molar-refractivity contribution is 5.53. The van der Waals surface area contributed by atoms with E-state index in [9.17, 15) is 0 Å². The summed E-state index contributed by atoms with van der Waals surface area (Å²) in [5, 5.41) is 3.51. The van der Waals surface area contributed by atoms with Crippen LogP contribution in [-0.2, 0) is 0 Å². The van der Waals surface area contributed by atoms with Gasteiger partial charge in [-0.15, -0.1) is 0 Å². The molecule has 0 radical (unpaired) electrons. The van der Waals surface area contributed by atoms with Crippen LogP contribution in [0.3, 0.4) is 0 Å². The summed E-state index contributed by atoms with van der Waals surface area (Å²) < 4.78 is 9.98. The van der Waals surface area contributed by atoms with Crippen LogP contribution < -0.4 is 10.5 Å². The third kappa shape index (κ3) is 1.61. The van der Waals surface area contributed by atoms with E-state index >= 15 is 0 Å². The van der Waals surface area contributed by atoms with E-state index in [4.69, 9.17) is 10.5 Å². The molecule has 1 heterocycles. The van der Waals surface area contributed by atoms with E-state index in [1.165, 1.54) is 12.5 Å². The first-order valence-electron chi connectivity index (χ1n) is 3.78. The Morgan fingerprint density at radius 2 is 2.15 bits per heavy atom. The zero-order valence-corrected chi connectivity index (χ0v) is 6.81. The minimum absolute atomic E-state index is 0.540. The van der Waals surface area contributed by atoms with Gasteiger partial charge in [0.2, 0.25) is 0 Å². The second-order valence-corrected chi connectivity index (χ2v) is 2.50. The van der Waals surface area contributed by atoms with Gasteiger partial charge in [0.15, 0.2) is 17.8 Å². The summed E-state index contributed by atoms with van der Waals surface area (Å²) in [4.78, 5) is 0. The second kappa shape index (κ2) is 3.18. The number of anilines is 1. The fraction of sp³-hybridized carbons (Fsp3) is 0. The Hall–Kier alpha value is -1.97. The largest absolute Gasteiger partial charge is 0.450 e. The molecule has 2 aromatic rings. The van der Waals surface area contributed by atoms with Crippen LogP contribution in [0.5, 0.6) is 11.5 Å². The van der Waals surface area contributed by atoms with Gasteiger partial charge >= 0.3 is 0 Å². The molecule has 0 saturated carbocycles. The number of aromatic nitrogens is 1. The summed E-state index contributed by atoms with van der Waals surface area (Å²) in [6.07, 6.45) is 2.89. The van der Waals surface area contributed by atoms with Crippen LogP contribution in [-0.4, -0.2) is 5.16 Å². The van der Waals surface area contributed by atoms with E-state index in [1.807, 2.05) is 12.1 Å². The first kappa shape index (κ1) is 7.67. The van der Waals surface area contributed by atoms with E-state index in [2.05, 4.69) is 9.68 Å². The van der Waals surface area contributed by atoms with Crippen molar-refractivity contribution in [2.45, 2.75) is 0 Å². The molecule has 0 aliphatic heterocycles. The number of hydrogen-bond acceptors (Lipinski definition) is 4. The molecular formula is C9H8N2O2. The smallest absolute Gasteiger partial charge is 0.186 e. The minimum Gasteiger partial charge on any atom is -0.450 e. The molecule has 4 nitrogen and oxygen atoms in total. The summed E-state index contributed by atoms with van der Waals surface area (Å²) in [6, 6.07) is 7.24. The molecule has 1 aromatic heterocycles. The van der Waals surface area contributed by atoms with Gasteiger partial charge in [-0.1, -0.05) is 17.3 Å². The van der Waals surface area contributed by atoms with Crippen molar-refractivity contribution in [2.75, 3.05) is 5.73 Å². The summed E-state index contributed by atoms with van der Waals surface area (Å²) in [6.45, 7) is 0. The Bertz CT molecular complexity index is 384. The van der Waals surface area contributed by atoms with Crippen LogP contribution in [0.2, 0.25) is 0 Å². The SMILES string of the molecule is Nc1ccccc1Oc1cnoc1. The van der Waals surface area contributed by atoms with E-state index in [1.54, 1.807) is 12.1 Å². The maximum Gasteiger partial charge on any atom is 0.186 e. The lowest BCUT2D eigenvalue weighted by molar-refractivity contribution is 0.410. The lowest BCUT2D eigenvalue weighted by Crippen LogP contribution is -1.89. The fourth-order valence-corrected chi connectivity index (χ4v) is 0.946. The van der Waals surface area contributed by atoms with Crippen molar-refractivity contribution >= 4 is 5.69 Å². The molecule has 0 fully saturated rings. The molecule has 66 valence electrons. The van der Waals surface area contributed by atoms with E-state index in [-0.39, 0.29) is 0 Å². The molecule has 2 N–H and O–H groups in total. The lowest BCUT2D eigenvalue weighted by atomic mass is 10.3. The third-order valence-corrected chi connectivity index (χ3v) is 1.56. The van der Waals surface area contributed by atoms with Crippen LogP contribution in [0, 0.1) is 0 Å². The minimum atomic E-state index is 0.540. The molecule has 0 saturated heterocycles. The number of para-hydroxylation sites is 2. The van der Waals surface area contributed by atoms with E-state index in [0.29, 0.717) is 17.2 Å². The summed E-state index contributed by atoms with van der Waals surface area (Å²) >= 11 is 0. The molecule has 1 aromatic carbocycles. The molecule has 0 spiro atoms. The van der Waals surface area contributed by atoms with Gasteiger partial charge in [0.05, 0.1) is 5.69 Å². The van der Waals surface area contributed by atoms with Crippen LogP contribution >= 0.6 is 0 Å². The topological polar surface area (TPSA) is 61.3 Å². The van der Waals surface area contributed by atoms with Gasteiger partial charge in [0.1, 0.15) is 6.20 Å². The van der Waals surface area contributed by atoms with Crippen molar-refractivity contribution in [1.82, 2.24) is 5.16 Å². The van der Waals surface area contributed by atoms with Crippen molar-refractivity contribution < 1.29 is 9.26 Å². The maximum atomic E-state index is 5.66. The Balaban J connectivity index is 2.24. The van der Waals surface area contributed by atoms with Crippen LogP contribution in [0.4, 0.5) is 5.69 Å². The molecule has 0 amide bonds. The Labute approximate surface area is 74.9 Å². The Kier molecular flexibility index (Phi) is 1.88. The standard InChI is InChI=1S/C9H8N2O2/c10-8-3-1-2-4-9(8)13-7-5-11-12-6-7/h1-6H,10H2. The van der Waals surface area contributed by atoms with Gasteiger partial charge in [-0.2, -0.15) is 0 Å². The van der Waals surface area contributed by atoms with Crippen molar-refractivity contribution in [3.05, 3.63) is 36.7 Å². The highest BCUT2D eigenvalue weighted by atomic mass is 16.5. The predicted octanol–water partition coefficient (Wildman–Crippen LogP) is 2.05. The predicted molar refractivity (Wildman–Crippen MR) is 47.4 cm³/mol. The molecular weight excluding hydrogens is 168 g/mol. The third-order valence-electron chi connectivity index (χ3n) is 1.56. The normalized spacial score (nSPS) is 9.85. The zero-order chi connectivity index (χ0) is 9.10. The van der Waals surface area contributed by atoms with Crippen molar-refractivity contribution in [1.29, 1.82) is 0 Å². The van der Waals surface area contributed by atoms with Crippen LogP contribution in [0.25, 0.3) is 0 Å². The summed E-state index contributed by atoms with van der Waals surface area (Å²) in [5.74, 6) is 1.14. The Morgan fingerprint density at radius 3 is 2.85 bits per heavy atom. The monoisotopic (exact) mass is 176 g/mol. The van der Waals surface area contributed by atoms with Gasteiger partial charge in [0.25, 0.3) is 0 Å². The number of nitrogens with two attached hydrogens (primary N) is 1. The number of nitrogen functional groups attached to an aromatic ring is 1. The lowest BCUT2D eigenvalue weighted by Gasteiger charge is -2.03. The average molecular weight is 176 g/mol. The quantitative estimate of drug-likeness (QED) is 0.711. The molecule has 0 aliphatic rings. The van der Waals surface area contributed by atoms with E-state index in [0.717, 1.165) is 0 Å². The average Bonchev–Trinajstić information content (AvgIpc) is 2.61. The second-order valence-electron chi connectivity index (χ2n) is 2.50. The number of benzene rings is 1. The molecule has 2 rings (SSSR count). The first-order chi connectivity index (χ1) is 6.36. The van der Waals surface area contributed by atoms with Gasteiger partial charge < -0.3 is 15.0 Å². The highest BCUT2D eigenvalue weighted by Gasteiger charge is 2.01. The van der Waals surface area contributed by atoms with Crippen molar-refractivity contribution in [3.63, 3.8) is 0 Å². The van der Waals surface area contributed by atoms with Crippen LogP contribution in [0.1, 0.15) is 0 Å². The molecule has 0 aliphatic carbocycles. The van der Waals surface area contributed by atoms with Gasteiger partial charge in [0, 0.05) is 0 Å². The molecule has 0 unspecified atom stereocenters. The molecule has 0 atom stereocenters. The molecule has 4 heteroatoms. The zero-order valence-electron chi connectivity index (χ0n) is 6.81. The first-order valence-corrected chi connectivity index (χ1v) is 3.78. The number of nitrogens with zero attached hydrogens (tertiary/aromatic N) is 1. The van der Waals surface area contributed by atoms with Crippen LogP contribution in [0.15, 0.2) is 41.2 Å². The Morgan fingerprint density at radius 1 is 1.31 bits per heavy atom.